The number of nitrogens with zero attached hydrogens (tertiary/aromatic N) is 3. The number of hydrogen-bond acceptors (Lipinski definition) is 3. The van der Waals surface area contributed by atoms with E-state index < -0.39 is 0 Å². The number of halogens is 1. The van der Waals surface area contributed by atoms with Crippen molar-refractivity contribution in [3.05, 3.63) is 65.0 Å². The van der Waals surface area contributed by atoms with Gasteiger partial charge < -0.3 is 0 Å². The van der Waals surface area contributed by atoms with Crippen molar-refractivity contribution in [2.75, 3.05) is 0 Å². The molecule has 0 N–H and O–H groups in total. The molecular weight excluding hydrogens is 301 g/mol. The fraction of sp³-hybridized carbons (Fsp3) is 0.350. The minimum absolute atomic E-state index is 0.230. The van der Waals surface area contributed by atoms with Crippen LogP contribution in [0.2, 0.25) is 0 Å². The summed E-state index contributed by atoms with van der Waals surface area (Å²) in [5.74, 6) is 0.995. The first kappa shape index (κ1) is 15.1. The number of allylic oxidation sites excluding steroid dienone is 3. The Bertz CT molecular complexity index is 774. The summed E-state index contributed by atoms with van der Waals surface area (Å²) in [6.07, 6.45) is 12.9. The van der Waals surface area contributed by atoms with Gasteiger partial charge in [-0.3, -0.25) is 0 Å². The van der Waals surface area contributed by atoms with Crippen molar-refractivity contribution in [1.29, 1.82) is 0 Å². The third kappa shape index (κ3) is 2.98. The van der Waals surface area contributed by atoms with Gasteiger partial charge in [-0.05, 0) is 49.3 Å². The average molecular weight is 321 g/mol. The molecule has 0 bridgehead atoms. The van der Waals surface area contributed by atoms with Crippen LogP contribution in [0.3, 0.4) is 0 Å². The second kappa shape index (κ2) is 6.58. The molecular formula is C20H20FN3. The van der Waals surface area contributed by atoms with Gasteiger partial charge >= 0.3 is 0 Å². The molecule has 0 aromatic heterocycles. The zero-order valence-electron chi connectivity index (χ0n) is 13.6. The number of aliphatic imine (C=N–C) groups is 1. The number of rotatable bonds is 2. The van der Waals surface area contributed by atoms with Crippen LogP contribution in [-0.4, -0.2) is 16.9 Å². The highest BCUT2D eigenvalue weighted by Crippen LogP contribution is 2.36. The summed E-state index contributed by atoms with van der Waals surface area (Å²) in [5, 5.41) is 6.52. The molecule has 4 heteroatoms. The molecule has 0 unspecified atom stereocenters. The monoisotopic (exact) mass is 321 g/mol. The summed E-state index contributed by atoms with van der Waals surface area (Å²) in [6.45, 7) is 0. The van der Waals surface area contributed by atoms with E-state index in [1.54, 1.807) is 12.1 Å². The molecule has 1 fully saturated rings. The second-order valence-electron chi connectivity index (χ2n) is 6.43. The Balaban J connectivity index is 1.78. The highest BCUT2D eigenvalue weighted by atomic mass is 19.1. The van der Waals surface area contributed by atoms with Crippen molar-refractivity contribution in [3.63, 3.8) is 0 Å². The highest BCUT2D eigenvalue weighted by Gasteiger charge is 2.28. The van der Waals surface area contributed by atoms with E-state index in [0.717, 1.165) is 23.5 Å². The van der Waals surface area contributed by atoms with Crippen LogP contribution in [0, 0.1) is 11.7 Å². The Morgan fingerprint density at radius 1 is 1.08 bits per heavy atom. The lowest BCUT2D eigenvalue weighted by Crippen LogP contribution is -2.27. The topological polar surface area (TPSA) is 28.0 Å². The SMILES string of the molecule is Fc1ccc(C2=NC3=C=CCC=NN3C(C3CCCCC3)=C2)cc1. The Morgan fingerprint density at radius 2 is 1.88 bits per heavy atom. The number of hydrazone groups is 1. The normalized spacial score (nSPS) is 20.9. The van der Waals surface area contributed by atoms with Crippen LogP contribution in [0.4, 0.5) is 4.39 Å². The maximum atomic E-state index is 13.2. The Kier molecular flexibility index (Phi) is 4.14. The standard InChI is InChI=1S/C20H20FN3/c21-17-11-9-15(10-12-17)18-14-19(16-6-2-1-3-7-16)24-20(23-18)8-4-5-13-22-24/h4,9-14,16H,1-3,5-7H2. The first-order valence-electron chi connectivity index (χ1n) is 8.65. The van der Waals surface area contributed by atoms with Gasteiger partial charge in [0.15, 0.2) is 5.82 Å². The molecule has 1 aromatic rings. The smallest absolute Gasteiger partial charge is 0.198 e. The summed E-state index contributed by atoms with van der Waals surface area (Å²) >= 11 is 0. The number of benzene rings is 1. The summed E-state index contributed by atoms with van der Waals surface area (Å²) < 4.78 is 13.2. The predicted octanol–water partition coefficient (Wildman–Crippen LogP) is 4.78. The molecule has 3 aliphatic rings. The zero-order valence-corrected chi connectivity index (χ0v) is 13.6. The first-order chi connectivity index (χ1) is 11.8. The van der Waals surface area contributed by atoms with E-state index in [9.17, 15) is 4.39 Å². The summed E-state index contributed by atoms with van der Waals surface area (Å²) in [7, 11) is 0. The largest absolute Gasteiger partial charge is 0.221 e. The molecule has 1 aromatic carbocycles. The molecule has 0 radical (unpaired) electrons. The van der Waals surface area contributed by atoms with Crippen LogP contribution in [0.25, 0.3) is 0 Å². The molecule has 0 amide bonds. The summed E-state index contributed by atoms with van der Waals surface area (Å²) in [5.41, 5.74) is 6.23. The van der Waals surface area contributed by atoms with E-state index in [2.05, 4.69) is 16.9 Å². The minimum Gasteiger partial charge on any atom is -0.221 e. The van der Waals surface area contributed by atoms with Crippen molar-refractivity contribution >= 4 is 11.9 Å². The van der Waals surface area contributed by atoms with Crippen molar-refractivity contribution in [1.82, 2.24) is 5.01 Å². The molecule has 0 saturated heterocycles. The average Bonchev–Trinajstić information content (AvgIpc) is 2.87. The molecule has 0 spiro atoms. The molecule has 2 aliphatic heterocycles. The van der Waals surface area contributed by atoms with E-state index >= 15 is 0 Å². The van der Waals surface area contributed by atoms with Gasteiger partial charge in [-0.25, -0.2) is 14.4 Å². The lowest BCUT2D eigenvalue weighted by Gasteiger charge is -2.32. The predicted molar refractivity (Wildman–Crippen MR) is 94.1 cm³/mol. The van der Waals surface area contributed by atoms with Crippen molar-refractivity contribution in [3.8, 4) is 0 Å². The third-order valence-corrected chi connectivity index (χ3v) is 4.77. The molecule has 24 heavy (non-hydrogen) atoms. The Morgan fingerprint density at radius 3 is 2.67 bits per heavy atom. The molecule has 122 valence electrons. The van der Waals surface area contributed by atoms with Gasteiger partial charge in [-0.15, -0.1) is 0 Å². The van der Waals surface area contributed by atoms with Crippen LogP contribution < -0.4 is 0 Å². The zero-order chi connectivity index (χ0) is 16.4. The molecule has 1 saturated carbocycles. The molecule has 0 atom stereocenters. The summed E-state index contributed by atoms with van der Waals surface area (Å²) in [4.78, 5) is 4.71. The third-order valence-electron chi connectivity index (χ3n) is 4.77. The molecule has 4 rings (SSSR count). The molecule has 1 aliphatic carbocycles. The lowest BCUT2D eigenvalue weighted by molar-refractivity contribution is 0.313. The number of fused-ring (bicyclic) bond motifs is 1. The van der Waals surface area contributed by atoms with E-state index in [1.807, 2.05) is 17.3 Å². The maximum absolute atomic E-state index is 13.2. The van der Waals surface area contributed by atoms with E-state index in [0.29, 0.717) is 5.92 Å². The maximum Gasteiger partial charge on any atom is 0.198 e. The quantitative estimate of drug-likeness (QED) is 0.720. The van der Waals surface area contributed by atoms with Crippen LogP contribution in [0.5, 0.6) is 0 Å². The fourth-order valence-corrected chi connectivity index (χ4v) is 3.52. The van der Waals surface area contributed by atoms with Crippen molar-refractivity contribution in [2.45, 2.75) is 38.5 Å². The first-order valence-corrected chi connectivity index (χ1v) is 8.65. The van der Waals surface area contributed by atoms with Gasteiger partial charge in [-0.2, -0.15) is 5.10 Å². The number of hydrogen-bond donors (Lipinski definition) is 0. The van der Waals surface area contributed by atoms with Gasteiger partial charge in [0.1, 0.15) is 5.82 Å². The minimum atomic E-state index is -0.230. The van der Waals surface area contributed by atoms with E-state index in [1.165, 1.54) is 49.9 Å². The lowest BCUT2D eigenvalue weighted by atomic mass is 9.85. The van der Waals surface area contributed by atoms with Gasteiger partial charge in [-0.1, -0.05) is 25.0 Å². The van der Waals surface area contributed by atoms with Crippen molar-refractivity contribution < 1.29 is 4.39 Å². The summed E-state index contributed by atoms with van der Waals surface area (Å²) in [6, 6.07) is 6.52. The van der Waals surface area contributed by atoms with Crippen LogP contribution in [0.15, 0.2) is 63.8 Å². The second-order valence-corrected chi connectivity index (χ2v) is 6.43. The van der Waals surface area contributed by atoms with Crippen molar-refractivity contribution in [2.24, 2.45) is 16.0 Å². The van der Waals surface area contributed by atoms with Gasteiger partial charge in [0, 0.05) is 24.1 Å². The molecule has 3 nitrogen and oxygen atoms in total. The molecule has 2 heterocycles. The van der Waals surface area contributed by atoms with Crippen LogP contribution >= 0.6 is 0 Å². The Hall–Kier alpha value is -2.45. The van der Waals surface area contributed by atoms with Crippen LogP contribution in [-0.2, 0) is 0 Å². The van der Waals surface area contributed by atoms with E-state index in [4.69, 9.17) is 4.99 Å². The van der Waals surface area contributed by atoms with Gasteiger partial charge in [0.25, 0.3) is 0 Å². The highest BCUT2D eigenvalue weighted by molar-refractivity contribution is 6.10. The van der Waals surface area contributed by atoms with Crippen LogP contribution in [0.1, 0.15) is 44.1 Å². The van der Waals surface area contributed by atoms with Gasteiger partial charge in [0.05, 0.1) is 11.4 Å². The fourth-order valence-electron chi connectivity index (χ4n) is 3.52. The van der Waals surface area contributed by atoms with E-state index in [-0.39, 0.29) is 5.82 Å². The van der Waals surface area contributed by atoms with Gasteiger partial charge in [0.2, 0.25) is 0 Å². The Labute approximate surface area is 141 Å².